The van der Waals surface area contributed by atoms with Crippen molar-refractivity contribution in [2.45, 2.75) is 11.3 Å². The summed E-state index contributed by atoms with van der Waals surface area (Å²) in [7, 11) is 0. The first kappa shape index (κ1) is 18.8. The first-order valence-corrected chi connectivity index (χ1v) is 8.69. The average Bonchev–Trinajstić information content (AvgIpc) is 3.02. The molecule has 0 spiro atoms. The van der Waals surface area contributed by atoms with Crippen LogP contribution < -0.4 is 11.2 Å². The third-order valence-electron chi connectivity index (χ3n) is 3.53. The number of hydrogen-bond donors (Lipinski definition) is 2. The van der Waals surface area contributed by atoms with E-state index in [0.717, 1.165) is 22.9 Å². The maximum Gasteiger partial charge on any atom is 0.453 e. The SMILES string of the molecule is Nn1c(SCC(=O)Nc2ccc(-c3ccccc3)cc2)nnc1C(F)(F)F. The molecule has 0 bridgehead atoms. The second-order valence-corrected chi connectivity index (χ2v) is 6.40. The number of nitrogens with zero attached hydrogens (tertiary/aromatic N) is 3. The van der Waals surface area contributed by atoms with Crippen molar-refractivity contribution in [1.82, 2.24) is 14.9 Å². The van der Waals surface area contributed by atoms with E-state index in [-0.39, 0.29) is 10.9 Å². The van der Waals surface area contributed by atoms with E-state index in [0.29, 0.717) is 10.4 Å². The van der Waals surface area contributed by atoms with Crippen LogP contribution in [-0.4, -0.2) is 26.5 Å². The first-order valence-electron chi connectivity index (χ1n) is 7.70. The van der Waals surface area contributed by atoms with Gasteiger partial charge in [-0.05, 0) is 23.3 Å². The number of hydrogen-bond acceptors (Lipinski definition) is 5. The maximum atomic E-state index is 12.6. The van der Waals surface area contributed by atoms with Gasteiger partial charge in [-0.25, -0.2) is 4.68 Å². The monoisotopic (exact) mass is 393 g/mol. The van der Waals surface area contributed by atoms with E-state index in [4.69, 9.17) is 5.84 Å². The summed E-state index contributed by atoms with van der Waals surface area (Å²) in [5.41, 5.74) is 2.62. The van der Waals surface area contributed by atoms with Crippen LogP contribution in [0.1, 0.15) is 5.82 Å². The van der Waals surface area contributed by atoms with Gasteiger partial charge in [-0.3, -0.25) is 4.79 Å². The Hall–Kier alpha value is -3.01. The van der Waals surface area contributed by atoms with Gasteiger partial charge >= 0.3 is 6.18 Å². The maximum absolute atomic E-state index is 12.6. The molecule has 0 aliphatic carbocycles. The number of thioether (sulfide) groups is 1. The molecular formula is C17H14F3N5OS. The van der Waals surface area contributed by atoms with E-state index in [1.54, 1.807) is 12.1 Å². The Labute approximate surface area is 156 Å². The summed E-state index contributed by atoms with van der Waals surface area (Å²) in [6.07, 6.45) is -4.71. The molecule has 6 nitrogen and oxygen atoms in total. The molecule has 3 N–H and O–H groups in total. The summed E-state index contributed by atoms with van der Waals surface area (Å²) in [4.78, 5) is 12.0. The lowest BCUT2D eigenvalue weighted by molar-refractivity contribution is -0.146. The third kappa shape index (κ3) is 4.59. The molecule has 3 rings (SSSR count). The van der Waals surface area contributed by atoms with Crippen LogP contribution in [0, 0.1) is 0 Å². The zero-order valence-electron chi connectivity index (χ0n) is 13.8. The number of anilines is 1. The molecule has 0 radical (unpaired) electrons. The van der Waals surface area contributed by atoms with Crippen LogP contribution in [0.5, 0.6) is 0 Å². The number of alkyl halides is 3. The normalized spacial score (nSPS) is 11.4. The van der Waals surface area contributed by atoms with E-state index >= 15 is 0 Å². The van der Waals surface area contributed by atoms with Gasteiger partial charge in [0.1, 0.15) is 0 Å². The molecule has 0 aliphatic rings. The molecule has 27 heavy (non-hydrogen) atoms. The summed E-state index contributed by atoms with van der Waals surface area (Å²) in [6, 6.07) is 17.0. The van der Waals surface area contributed by atoms with Crippen LogP contribution in [0.2, 0.25) is 0 Å². The first-order chi connectivity index (χ1) is 12.8. The van der Waals surface area contributed by atoms with Crippen LogP contribution >= 0.6 is 11.8 Å². The second-order valence-electron chi connectivity index (χ2n) is 5.45. The molecule has 140 valence electrons. The highest BCUT2D eigenvalue weighted by Crippen LogP contribution is 2.29. The number of benzene rings is 2. The van der Waals surface area contributed by atoms with Gasteiger partial charge in [-0.1, -0.05) is 54.2 Å². The molecule has 0 unspecified atom stereocenters. The average molecular weight is 393 g/mol. The topological polar surface area (TPSA) is 85.8 Å². The van der Waals surface area contributed by atoms with Gasteiger partial charge in [0.25, 0.3) is 5.82 Å². The number of halogens is 3. The Kier molecular flexibility index (Phi) is 5.36. The summed E-state index contributed by atoms with van der Waals surface area (Å²) in [5, 5.41) is 8.82. The van der Waals surface area contributed by atoms with Crippen LogP contribution in [0.25, 0.3) is 11.1 Å². The predicted octanol–water partition coefficient (Wildman–Crippen LogP) is 3.41. The Morgan fingerprint density at radius 1 is 1.04 bits per heavy atom. The lowest BCUT2D eigenvalue weighted by Crippen LogP contribution is -2.22. The van der Waals surface area contributed by atoms with E-state index in [1.165, 1.54) is 0 Å². The number of nitrogens with one attached hydrogen (secondary N) is 1. The number of carbonyl (C=O) groups is 1. The van der Waals surface area contributed by atoms with Crippen molar-refractivity contribution in [2.75, 3.05) is 16.9 Å². The molecular weight excluding hydrogens is 379 g/mol. The summed E-state index contributed by atoms with van der Waals surface area (Å²) in [6.45, 7) is 0. The highest BCUT2D eigenvalue weighted by molar-refractivity contribution is 7.99. The van der Waals surface area contributed by atoms with Crippen LogP contribution in [0.15, 0.2) is 59.8 Å². The van der Waals surface area contributed by atoms with Crippen molar-refractivity contribution >= 4 is 23.4 Å². The Morgan fingerprint density at radius 3 is 2.26 bits per heavy atom. The number of amides is 1. The third-order valence-corrected chi connectivity index (χ3v) is 4.47. The fourth-order valence-corrected chi connectivity index (χ4v) is 2.93. The largest absolute Gasteiger partial charge is 0.453 e. The standard InChI is InChI=1S/C17H14F3N5OS/c18-17(19,20)15-23-24-16(25(15)21)27-10-14(26)22-13-8-6-12(7-9-13)11-4-2-1-3-5-11/h1-9H,10,21H2,(H,22,26). The molecule has 1 amide bonds. The van der Waals surface area contributed by atoms with Crippen molar-refractivity contribution in [2.24, 2.45) is 0 Å². The quantitative estimate of drug-likeness (QED) is 0.513. The fraction of sp³-hybridized carbons (Fsp3) is 0.118. The van der Waals surface area contributed by atoms with Crippen molar-refractivity contribution in [3.8, 4) is 11.1 Å². The number of nitrogens with two attached hydrogens (primary N) is 1. The van der Waals surface area contributed by atoms with Crippen molar-refractivity contribution in [3.05, 3.63) is 60.4 Å². The molecule has 3 aromatic rings. The number of aromatic nitrogens is 3. The smallest absolute Gasteiger partial charge is 0.335 e. The van der Waals surface area contributed by atoms with Gasteiger partial charge in [0.05, 0.1) is 5.75 Å². The minimum Gasteiger partial charge on any atom is -0.335 e. The fourth-order valence-electron chi connectivity index (χ4n) is 2.27. The minimum atomic E-state index is -4.71. The summed E-state index contributed by atoms with van der Waals surface area (Å²) >= 11 is 0.764. The predicted molar refractivity (Wildman–Crippen MR) is 96.4 cm³/mol. The molecule has 1 aromatic heterocycles. The van der Waals surface area contributed by atoms with Gasteiger partial charge in [0, 0.05) is 5.69 Å². The van der Waals surface area contributed by atoms with Crippen LogP contribution in [-0.2, 0) is 11.0 Å². The van der Waals surface area contributed by atoms with Crippen molar-refractivity contribution in [3.63, 3.8) is 0 Å². The Morgan fingerprint density at radius 2 is 1.67 bits per heavy atom. The lowest BCUT2D eigenvalue weighted by atomic mass is 10.1. The second kappa shape index (κ2) is 7.70. The van der Waals surface area contributed by atoms with Crippen molar-refractivity contribution < 1.29 is 18.0 Å². The molecule has 0 saturated heterocycles. The Balaban J connectivity index is 1.58. The van der Waals surface area contributed by atoms with Gasteiger partial charge in [-0.2, -0.15) is 13.2 Å². The Bertz CT molecular complexity index is 926. The minimum absolute atomic E-state index is 0.159. The van der Waals surface area contributed by atoms with E-state index in [1.807, 2.05) is 42.5 Å². The lowest BCUT2D eigenvalue weighted by Gasteiger charge is -2.07. The van der Waals surface area contributed by atoms with Crippen molar-refractivity contribution in [1.29, 1.82) is 0 Å². The van der Waals surface area contributed by atoms with Gasteiger partial charge < -0.3 is 11.2 Å². The zero-order chi connectivity index (χ0) is 19.4. The van der Waals surface area contributed by atoms with Gasteiger partial charge in [0.15, 0.2) is 0 Å². The molecule has 0 fully saturated rings. The van der Waals surface area contributed by atoms with E-state index < -0.39 is 17.9 Å². The van der Waals surface area contributed by atoms with Gasteiger partial charge in [-0.15, -0.1) is 10.2 Å². The highest BCUT2D eigenvalue weighted by Gasteiger charge is 2.38. The number of carbonyl (C=O) groups excluding carboxylic acids is 1. The van der Waals surface area contributed by atoms with Crippen LogP contribution in [0.4, 0.5) is 18.9 Å². The molecule has 10 heteroatoms. The molecule has 0 atom stereocenters. The molecule has 2 aromatic carbocycles. The summed E-state index contributed by atoms with van der Waals surface area (Å²) < 4.78 is 38.2. The number of nitrogen functional groups attached to an aromatic ring is 1. The van der Waals surface area contributed by atoms with Gasteiger partial charge in [0.2, 0.25) is 11.1 Å². The van der Waals surface area contributed by atoms with Crippen LogP contribution in [0.3, 0.4) is 0 Å². The highest BCUT2D eigenvalue weighted by atomic mass is 32.2. The number of rotatable bonds is 5. The zero-order valence-corrected chi connectivity index (χ0v) is 14.6. The van der Waals surface area contributed by atoms with E-state index in [9.17, 15) is 18.0 Å². The molecule has 1 heterocycles. The summed E-state index contributed by atoms with van der Waals surface area (Å²) in [5.74, 6) is 3.44. The van der Waals surface area contributed by atoms with E-state index in [2.05, 4.69) is 15.5 Å². The molecule has 0 aliphatic heterocycles. The molecule has 0 saturated carbocycles.